The van der Waals surface area contributed by atoms with Crippen molar-refractivity contribution in [2.24, 2.45) is 0 Å². The fourth-order valence-electron chi connectivity index (χ4n) is 1.95. The fourth-order valence-corrected chi connectivity index (χ4v) is 2.81. The van der Waals surface area contributed by atoms with Crippen LogP contribution in [0.25, 0.3) is 0 Å². The molecule has 0 bridgehead atoms. The molecule has 0 aliphatic carbocycles. The number of halogens is 2. The molecule has 0 amide bonds. The van der Waals surface area contributed by atoms with E-state index in [1.807, 2.05) is 16.8 Å². The van der Waals surface area contributed by atoms with E-state index in [1.165, 1.54) is 12.1 Å². The number of benzene rings is 1. The Kier molecular flexibility index (Phi) is 3.24. The van der Waals surface area contributed by atoms with Gasteiger partial charge in [0.1, 0.15) is 11.6 Å². The van der Waals surface area contributed by atoms with Crippen LogP contribution in [0.15, 0.2) is 29.0 Å². The van der Waals surface area contributed by atoms with Crippen LogP contribution in [0.1, 0.15) is 23.0 Å². The van der Waals surface area contributed by atoms with Crippen molar-refractivity contribution >= 4 is 22.9 Å². The third-order valence-corrected chi connectivity index (χ3v) is 3.77. The molecule has 1 aromatic heterocycles. The van der Waals surface area contributed by atoms with E-state index in [4.69, 9.17) is 21.1 Å². The van der Waals surface area contributed by atoms with Crippen molar-refractivity contribution in [2.45, 2.75) is 18.8 Å². The van der Waals surface area contributed by atoms with Crippen molar-refractivity contribution in [3.63, 3.8) is 0 Å². The Hall–Kier alpha value is -1.10. The molecule has 1 aliphatic heterocycles. The summed E-state index contributed by atoms with van der Waals surface area (Å²) < 4.78 is 24.7. The van der Waals surface area contributed by atoms with Gasteiger partial charge in [0.25, 0.3) is 0 Å². The second-order valence-corrected chi connectivity index (χ2v) is 5.05. The molecule has 0 unspecified atom stereocenters. The van der Waals surface area contributed by atoms with Crippen molar-refractivity contribution in [1.29, 1.82) is 0 Å². The van der Waals surface area contributed by atoms with Gasteiger partial charge in [-0.3, -0.25) is 0 Å². The normalized spacial score (nSPS) is 18.2. The highest BCUT2D eigenvalue weighted by Gasteiger charge is 2.25. The molecule has 1 atom stereocenters. The Morgan fingerprint density at radius 3 is 3.06 bits per heavy atom. The molecule has 0 spiro atoms. The molecule has 5 heteroatoms. The SMILES string of the molecule is Fc1cc(CCl)c2c(c1)CO[C@H](c1ccsc1)O2. The van der Waals surface area contributed by atoms with Crippen LogP contribution in [0.5, 0.6) is 5.75 Å². The van der Waals surface area contributed by atoms with E-state index in [1.54, 1.807) is 11.3 Å². The van der Waals surface area contributed by atoms with Crippen LogP contribution >= 0.6 is 22.9 Å². The highest BCUT2D eigenvalue weighted by atomic mass is 35.5. The zero-order valence-electron chi connectivity index (χ0n) is 9.36. The maximum atomic E-state index is 13.3. The van der Waals surface area contributed by atoms with Gasteiger partial charge < -0.3 is 9.47 Å². The standard InChI is InChI=1S/C13H10ClFO2S/c14-5-9-3-11(15)4-10-6-16-13(17-12(9)10)8-1-2-18-7-8/h1-4,7,13H,5-6H2/t13-/m0/s1. The van der Waals surface area contributed by atoms with Gasteiger partial charge in [0.05, 0.1) is 12.5 Å². The van der Waals surface area contributed by atoms with Crippen molar-refractivity contribution in [2.75, 3.05) is 0 Å². The fraction of sp³-hybridized carbons (Fsp3) is 0.231. The summed E-state index contributed by atoms with van der Waals surface area (Å²) in [4.78, 5) is 0. The zero-order valence-corrected chi connectivity index (χ0v) is 10.9. The lowest BCUT2D eigenvalue weighted by Gasteiger charge is -2.27. The van der Waals surface area contributed by atoms with Crippen LogP contribution in [-0.4, -0.2) is 0 Å². The first-order chi connectivity index (χ1) is 8.78. The summed E-state index contributed by atoms with van der Waals surface area (Å²) in [5.41, 5.74) is 2.34. The maximum Gasteiger partial charge on any atom is 0.227 e. The third kappa shape index (κ3) is 2.11. The number of thiophene rings is 1. The molecule has 18 heavy (non-hydrogen) atoms. The van der Waals surface area contributed by atoms with Crippen LogP contribution in [-0.2, 0) is 17.2 Å². The summed E-state index contributed by atoms with van der Waals surface area (Å²) in [5.74, 6) is 0.552. The molecule has 2 aromatic rings. The largest absolute Gasteiger partial charge is 0.460 e. The van der Waals surface area contributed by atoms with Gasteiger partial charge in [-0.05, 0) is 23.6 Å². The monoisotopic (exact) mass is 284 g/mol. The molecule has 0 saturated heterocycles. The van der Waals surface area contributed by atoms with Gasteiger partial charge in [-0.1, -0.05) is 0 Å². The summed E-state index contributed by atoms with van der Waals surface area (Å²) in [7, 11) is 0. The summed E-state index contributed by atoms with van der Waals surface area (Å²) in [5, 5.41) is 3.93. The van der Waals surface area contributed by atoms with Crippen molar-refractivity contribution in [3.05, 3.63) is 51.5 Å². The average molecular weight is 285 g/mol. The van der Waals surface area contributed by atoms with Crippen molar-refractivity contribution in [1.82, 2.24) is 0 Å². The quantitative estimate of drug-likeness (QED) is 0.768. The highest BCUT2D eigenvalue weighted by Crippen LogP contribution is 2.37. The molecule has 0 radical (unpaired) electrons. The van der Waals surface area contributed by atoms with E-state index in [0.717, 1.165) is 5.56 Å². The molecule has 1 aliphatic rings. The predicted octanol–water partition coefficient (Wildman–Crippen LogP) is 4.23. The second-order valence-electron chi connectivity index (χ2n) is 4.00. The first-order valence-electron chi connectivity index (χ1n) is 5.45. The molecular formula is C13H10ClFO2S. The summed E-state index contributed by atoms with van der Waals surface area (Å²) in [6.45, 7) is 0.331. The van der Waals surface area contributed by atoms with Crippen LogP contribution in [0.4, 0.5) is 4.39 Å². The smallest absolute Gasteiger partial charge is 0.227 e. The predicted molar refractivity (Wildman–Crippen MR) is 68.4 cm³/mol. The molecule has 3 rings (SSSR count). The van der Waals surface area contributed by atoms with Gasteiger partial charge in [-0.2, -0.15) is 11.3 Å². The van der Waals surface area contributed by atoms with Gasteiger partial charge in [0.2, 0.25) is 6.29 Å². The average Bonchev–Trinajstić information content (AvgIpc) is 2.91. The van der Waals surface area contributed by atoms with Gasteiger partial charge in [-0.25, -0.2) is 4.39 Å². The molecule has 94 valence electrons. The van der Waals surface area contributed by atoms with E-state index < -0.39 is 6.29 Å². The van der Waals surface area contributed by atoms with E-state index in [9.17, 15) is 4.39 Å². The number of fused-ring (bicyclic) bond motifs is 1. The number of alkyl halides is 1. The van der Waals surface area contributed by atoms with E-state index in [0.29, 0.717) is 23.5 Å². The van der Waals surface area contributed by atoms with Crippen molar-refractivity contribution in [3.8, 4) is 5.75 Å². The lowest BCUT2D eigenvalue weighted by molar-refractivity contribution is -0.111. The number of ether oxygens (including phenoxy) is 2. The highest BCUT2D eigenvalue weighted by molar-refractivity contribution is 7.07. The molecule has 2 nitrogen and oxygen atoms in total. The Balaban J connectivity index is 1.96. The Labute approximate surface area is 113 Å². The Morgan fingerprint density at radius 2 is 2.33 bits per heavy atom. The van der Waals surface area contributed by atoms with Gasteiger partial charge in [0, 0.05) is 22.1 Å². The Morgan fingerprint density at radius 1 is 1.44 bits per heavy atom. The lowest BCUT2D eigenvalue weighted by Crippen LogP contribution is -2.18. The number of hydrogen-bond acceptors (Lipinski definition) is 3. The summed E-state index contributed by atoms with van der Waals surface area (Å²) in [6, 6.07) is 4.78. The van der Waals surface area contributed by atoms with Gasteiger partial charge in [-0.15, -0.1) is 11.6 Å². The van der Waals surface area contributed by atoms with E-state index in [-0.39, 0.29) is 11.7 Å². The molecule has 0 fully saturated rings. The van der Waals surface area contributed by atoms with Gasteiger partial charge in [0.15, 0.2) is 0 Å². The molecule has 0 saturated carbocycles. The first-order valence-corrected chi connectivity index (χ1v) is 6.93. The second kappa shape index (κ2) is 4.88. The molecule has 1 aromatic carbocycles. The zero-order chi connectivity index (χ0) is 12.5. The van der Waals surface area contributed by atoms with Crippen LogP contribution in [0.3, 0.4) is 0 Å². The number of hydrogen-bond donors (Lipinski definition) is 0. The summed E-state index contributed by atoms with van der Waals surface area (Å²) in [6.07, 6.45) is -0.434. The van der Waals surface area contributed by atoms with E-state index >= 15 is 0 Å². The minimum absolute atomic E-state index is 0.219. The minimum Gasteiger partial charge on any atom is -0.460 e. The van der Waals surface area contributed by atoms with Crippen LogP contribution < -0.4 is 4.74 Å². The summed E-state index contributed by atoms with van der Waals surface area (Å²) >= 11 is 7.40. The van der Waals surface area contributed by atoms with E-state index in [2.05, 4.69) is 0 Å². The molecular weight excluding hydrogens is 275 g/mol. The number of rotatable bonds is 2. The van der Waals surface area contributed by atoms with Gasteiger partial charge >= 0.3 is 0 Å². The minimum atomic E-state index is -0.434. The lowest BCUT2D eigenvalue weighted by atomic mass is 10.1. The molecule has 2 heterocycles. The van der Waals surface area contributed by atoms with Crippen LogP contribution in [0, 0.1) is 5.82 Å². The first kappa shape index (κ1) is 12.0. The van der Waals surface area contributed by atoms with Crippen molar-refractivity contribution < 1.29 is 13.9 Å². The third-order valence-electron chi connectivity index (χ3n) is 2.78. The maximum absolute atomic E-state index is 13.3. The molecule has 0 N–H and O–H groups in total. The topological polar surface area (TPSA) is 18.5 Å². The van der Waals surface area contributed by atoms with Crippen LogP contribution in [0.2, 0.25) is 0 Å². The Bertz CT molecular complexity index is 539.